The van der Waals surface area contributed by atoms with Gasteiger partial charge in [0.05, 0.1) is 11.0 Å². The molecule has 0 aliphatic carbocycles. The van der Waals surface area contributed by atoms with E-state index >= 15 is 0 Å². The Labute approximate surface area is 107 Å². The lowest BCUT2D eigenvalue weighted by Crippen LogP contribution is -2.30. The van der Waals surface area contributed by atoms with Crippen LogP contribution in [-0.2, 0) is 16.4 Å². The van der Waals surface area contributed by atoms with Crippen LogP contribution in [0.2, 0.25) is 0 Å². The van der Waals surface area contributed by atoms with Gasteiger partial charge in [0.1, 0.15) is 0 Å². The van der Waals surface area contributed by atoms with Crippen LogP contribution in [0.1, 0.15) is 18.9 Å². The number of β-amino-alcohol motifs (C(OH)–C–C–N with tert-alkyl or cyclic N) is 1. The molecule has 0 amide bonds. The third kappa shape index (κ3) is 2.36. The van der Waals surface area contributed by atoms with Gasteiger partial charge in [0.2, 0.25) is 10.0 Å². The van der Waals surface area contributed by atoms with Crippen LogP contribution in [0.25, 0.3) is 0 Å². The van der Waals surface area contributed by atoms with Crippen LogP contribution in [-0.4, -0.2) is 37.0 Å². The predicted molar refractivity (Wildman–Crippen MR) is 69.6 cm³/mol. The van der Waals surface area contributed by atoms with Crippen molar-refractivity contribution in [3.05, 3.63) is 23.8 Å². The van der Waals surface area contributed by atoms with Gasteiger partial charge in [-0.3, -0.25) is 0 Å². The molecule has 3 N–H and O–H groups in total. The smallest absolute Gasteiger partial charge is 0.243 e. The van der Waals surface area contributed by atoms with E-state index in [1.165, 1.54) is 10.4 Å². The predicted octanol–water partition coefficient (Wildman–Crippen LogP) is 0.587. The summed E-state index contributed by atoms with van der Waals surface area (Å²) in [7, 11) is -3.54. The minimum absolute atomic E-state index is 0.167. The molecule has 18 heavy (non-hydrogen) atoms. The summed E-state index contributed by atoms with van der Waals surface area (Å²) in [6, 6.07) is 4.95. The number of nitrogen functional groups attached to an aromatic ring is 1. The second-order valence-corrected chi connectivity index (χ2v) is 6.43. The maximum Gasteiger partial charge on any atom is 0.243 e. The zero-order valence-corrected chi connectivity index (χ0v) is 11.2. The molecule has 6 heteroatoms. The molecule has 0 saturated carbocycles. The van der Waals surface area contributed by atoms with E-state index in [1.54, 1.807) is 12.1 Å². The molecule has 1 heterocycles. The van der Waals surface area contributed by atoms with Crippen molar-refractivity contribution in [2.45, 2.75) is 30.8 Å². The molecule has 0 aromatic heterocycles. The first-order valence-corrected chi connectivity index (χ1v) is 7.45. The zero-order valence-electron chi connectivity index (χ0n) is 10.3. The number of aliphatic hydroxyl groups is 1. The van der Waals surface area contributed by atoms with Crippen molar-refractivity contribution in [2.24, 2.45) is 0 Å². The Morgan fingerprint density at radius 3 is 2.78 bits per heavy atom. The highest BCUT2D eigenvalue weighted by molar-refractivity contribution is 7.89. The first kappa shape index (κ1) is 13.3. The van der Waals surface area contributed by atoms with Crippen molar-refractivity contribution in [2.75, 3.05) is 18.8 Å². The van der Waals surface area contributed by atoms with Crippen LogP contribution in [0, 0.1) is 0 Å². The van der Waals surface area contributed by atoms with Gasteiger partial charge in [-0.05, 0) is 30.5 Å². The Bertz CT molecular complexity index is 542. The van der Waals surface area contributed by atoms with Crippen molar-refractivity contribution < 1.29 is 13.5 Å². The lowest BCUT2D eigenvalue weighted by Gasteiger charge is -2.18. The second-order valence-electron chi connectivity index (χ2n) is 4.53. The normalized spacial score (nSPS) is 21.3. The van der Waals surface area contributed by atoms with E-state index in [1.807, 2.05) is 6.92 Å². The van der Waals surface area contributed by atoms with E-state index in [9.17, 15) is 13.5 Å². The molecule has 0 spiro atoms. The molecule has 1 aliphatic rings. The number of anilines is 1. The van der Waals surface area contributed by atoms with Gasteiger partial charge < -0.3 is 10.8 Å². The van der Waals surface area contributed by atoms with Gasteiger partial charge in [-0.25, -0.2) is 8.42 Å². The molecule has 1 atom stereocenters. The van der Waals surface area contributed by atoms with Crippen molar-refractivity contribution in [1.29, 1.82) is 0 Å². The largest absolute Gasteiger partial charge is 0.399 e. The van der Waals surface area contributed by atoms with E-state index in [4.69, 9.17) is 5.73 Å². The number of aliphatic hydroxyl groups excluding tert-OH is 1. The molecule has 100 valence electrons. The molecule has 1 aromatic carbocycles. The van der Waals surface area contributed by atoms with E-state index in [0.717, 1.165) is 5.56 Å². The van der Waals surface area contributed by atoms with E-state index in [-0.39, 0.29) is 11.4 Å². The summed E-state index contributed by atoms with van der Waals surface area (Å²) in [4.78, 5) is 0.263. The number of benzene rings is 1. The maximum atomic E-state index is 12.5. The molecular weight excluding hydrogens is 252 g/mol. The maximum absolute atomic E-state index is 12.5. The highest BCUT2D eigenvalue weighted by Gasteiger charge is 2.32. The molecule has 1 saturated heterocycles. The zero-order chi connectivity index (χ0) is 13.3. The molecule has 1 aromatic rings. The minimum atomic E-state index is -3.54. The molecular formula is C12H18N2O3S. The Balaban J connectivity index is 2.43. The molecule has 0 radical (unpaired) electrons. The lowest BCUT2D eigenvalue weighted by atomic mass is 10.1. The number of aryl methyl sites for hydroxylation is 1. The highest BCUT2D eigenvalue weighted by atomic mass is 32.2. The topological polar surface area (TPSA) is 83.6 Å². The van der Waals surface area contributed by atoms with Gasteiger partial charge in [0.15, 0.2) is 0 Å². The van der Waals surface area contributed by atoms with Crippen LogP contribution in [0.4, 0.5) is 5.69 Å². The first-order valence-electron chi connectivity index (χ1n) is 6.01. The number of hydrogen-bond acceptors (Lipinski definition) is 4. The van der Waals surface area contributed by atoms with E-state index in [0.29, 0.717) is 25.1 Å². The van der Waals surface area contributed by atoms with Crippen LogP contribution in [0.15, 0.2) is 23.1 Å². The molecule has 2 rings (SSSR count). The van der Waals surface area contributed by atoms with Crippen LogP contribution in [0.5, 0.6) is 0 Å². The summed E-state index contributed by atoms with van der Waals surface area (Å²) in [5.74, 6) is 0. The Kier molecular flexibility index (Phi) is 3.61. The average molecular weight is 270 g/mol. The molecule has 0 unspecified atom stereocenters. The summed E-state index contributed by atoms with van der Waals surface area (Å²) in [5.41, 5.74) is 6.86. The van der Waals surface area contributed by atoms with Crippen LogP contribution >= 0.6 is 0 Å². The van der Waals surface area contributed by atoms with Gasteiger partial charge in [0, 0.05) is 18.8 Å². The number of nitrogens with two attached hydrogens (primary N) is 1. The van der Waals surface area contributed by atoms with Gasteiger partial charge in [-0.2, -0.15) is 4.31 Å². The monoisotopic (exact) mass is 270 g/mol. The second kappa shape index (κ2) is 4.87. The molecule has 0 bridgehead atoms. The van der Waals surface area contributed by atoms with E-state index < -0.39 is 16.1 Å². The molecule has 1 fully saturated rings. The SMILES string of the molecule is CCc1ccc(N)cc1S(=O)(=O)N1CC[C@@H](O)C1. The quantitative estimate of drug-likeness (QED) is 0.787. The summed E-state index contributed by atoms with van der Waals surface area (Å²) in [5, 5.41) is 9.46. The fourth-order valence-electron chi connectivity index (χ4n) is 2.17. The summed E-state index contributed by atoms with van der Waals surface area (Å²) < 4.78 is 26.3. The Morgan fingerprint density at radius 1 is 1.50 bits per heavy atom. The first-order chi connectivity index (χ1) is 8.45. The van der Waals surface area contributed by atoms with Gasteiger partial charge in [-0.1, -0.05) is 13.0 Å². The van der Waals surface area contributed by atoms with Crippen molar-refractivity contribution >= 4 is 15.7 Å². The number of hydrogen-bond donors (Lipinski definition) is 2. The summed E-state index contributed by atoms with van der Waals surface area (Å²) in [6.07, 6.45) is 0.555. The van der Waals surface area contributed by atoms with Crippen molar-refractivity contribution in [3.63, 3.8) is 0 Å². The van der Waals surface area contributed by atoms with Gasteiger partial charge in [0.25, 0.3) is 0 Å². The lowest BCUT2D eigenvalue weighted by molar-refractivity contribution is 0.189. The number of nitrogens with zero attached hydrogens (tertiary/aromatic N) is 1. The third-order valence-electron chi connectivity index (χ3n) is 3.22. The molecule has 5 nitrogen and oxygen atoms in total. The summed E-state index contributed by atoms with van der Waals surface area (Å²) in [6.45, 7) is 2.44. The van der Waals surface area contributed by atoms with Crippen LogP contribution in [0.3, 0.4) is 0 Å². The van der Waals surface area contributed by atoms with Crippen LogP contribution < -0.4 is 5.73 Å². The van der Waals surface area contributed by atoms with Gasteiger partial charge >= 0.3 is 0 Å². The standard InChI is InChI=1S/C12H18N2O3S/c1-2-9-3-4-10(13)7-12(9)18(16,17)14-6-5-11(15)8-14/h3-4,7,11,15H,2,5-6,8,13H2,1H3/t11-/m1/s1. The third-order valence-corrected chi connectivity index (χ3v) is 5.16. The average Bonchev–Trinajstić information content (AvgIpc) is 2.76. The number of sulfonamides is 1. The number of rotatable bonds is 3. The van der Waals surface area contributed by atoms with E-state index in [2.05, 4.69) is 0 Å². The Morgan fingerprint density at radius 2 is 2.22 bits per heavy atom. The highest BCUT2D eigenvalue weighted by Crippen LogP contribution is 2.26. The van der Waals surface area contributed by atoms with Gasteiger partial charge in [-0.15, -0.1) is 0 Å². The molecule has 1 aliphatic heterocycles. The minimum Gasteiger partial charge on any atom is -0.399 e. The summed E-state index contributed by atoms with van der Waals surface area (Å²) >= 11 is 0. The van der Waals surface area contributed by atoms with Crippen molar-refractivity contribution in [1.82, 2.24) is 4.31 Å². The Hall–Kier alpha value is -1.11. The fraction of sp³-hybridized carbons (Fsp3) is 0.500. The fourth-order valence-corrected chi connectivity index (χ4v) is 3.99. The van der Waals surface area contributed by atoms with Crippen molar-refractivity contribution in [3.8, 4) is 0 Å².